The van der Waals surface area contributed by atoms with Gasteiger partial charge in [0, 0.05) is 23.6 Å². The molecule has 1 aliphatic heterocycles. The Hall–Kier alpha value is -3.81. The van der Waals surface area contributed by atoms with E-state index in [2.05, 4.69) is 43.6 Å². The molecule has 0 saturated heterocycles. The zero-order valence-corrected chi connectivity index (χ0v) is 24.3. The summed E-state index contributed by atoms with van der Waals surface area (Å²) in [5.74, 6) is 0.00308. The van der Waals surface area contributed by atoms with Crippen molar-refractivity contribution in [3.63, 3.8) is 0 Å². The molecule has 0 saturated carbocycles. The summed E-state index contributed by atoms with van der Waals surface area (Å²) in [4.78, 5) is 40.8. The van der Waals surface area contributed by atoms with E-state index in [0.29, 0.717) is 29.1 Å². The molecule has 0 bridgehead atoms. The first-order chi connectivity index (χ1) is 18.4. The van der Waals surface area contributed by atoms with Gasteiger partial charge in [-0.1, -0.05) is 65.0 Å². The Morgan fingerprint density at radius 2 is 1.59 bits per heavy atom. The van der Waals surface area contributed by atoms with Crippen LogP contribution in [0.3, 0.4) is 0 Å². The number of benzene rings is 2. The van der Waals surface area contributed by atoms with Crippen molar-refractivity contribution in [2.45, 2.75) is 85.8 Å². The molecular formula is C31H42N4O4. The van der Waals surface area contributed by atoms with E-state index in [-0.39, 0.29) is 30.0 Å². The average Bonchev–Trinajstić information content (AvgIpc) is 2.85. The number of para-hydroxylation sites is 1. The number of anilines is 2. The summed E-state index contributed by atoms with van der Waals surface area (Å²) < 4.78 is 5.54. The molecule has 0 radical (unpaired) electrons. The van der Waals surface area contributed by atoms with Gasteiger partial charge < -0.3 is 20.7 Å². The molecule has 39 heavy (non-hydrogen) atoms. The monoisotopic (exact) mass is 534 g/mol. The van der Waals surface area contributed by atoms with Gasteiger partial charge in [-0.2, -0.15) is 0 Å². The molecule has 0 aliphatic carbocycles. The summed E-state index contributed by atoms with van der Waals surface area (Å²) in [5, 5.41) is 8.95. The lowest BCUT2D eigenvalue weighted by Crippen LogP contribution is -2.48. The first kappa shape index (κ1) is 29.7. The fourth-order valence-electron chi connectivity index (χ4n) is 4.83. The van der Waals surface area contributed by atoms with E-state index >= 15 is 0 Å². The molecule has 2 aromatic carbocycles. The van der Waals surface area contributed by atoms with Gasteiger partial charge in [0.05, 0.1) is 17.7 Å². The van der Waals surface area contributed by atoms with Crippen molar-refractivity contribution in [2.24, 2.45) is 0 Å². The third-order valence-corrected chi connectivity index (χ3v) is 6.70. The number of rotatable bonds is 9. The Balaban J connectivity index is 1.92. The molecule has 4 amide bonds. The number of carbonyl (C=O) groups is 3. The SMILES string of the molecule is CCCN1C(=O)NC(c2cccc(NC(=O)Nc3c(C(C)C)cccc3C(C)C)c2)C(C(=O)OC(C)C)=C1C. The van der Waals surface area contributed by atoms with E-state index in [0.717, 1.165) is 23.2 Å². The van der Waals surface area contributed by atoms with E-state index < -0.39 is 12.0 Å². The van der Waals surface area contributed by atoms with Crippen molar-refractivity contribution in [3.8, 4) is 0 Å². The van der Waals surface area contributed by atoms with Crippen LogP contribution < -0.4 is 16.0 Å². The van der Waals surface area contributed by atoms with Crippen molar-refractivity contribution >= 4 is 29.4 Å². The summed E-state index contributed by atoms with van der Waals surface area (Å²) in [6.07, 6.45) is 0.436. The van der Waals surface area contributed by atoms with Gasteiger partial charge >= 0.3 is 18.0 Å². The molecule has 1 unspecified atom stereocenters. The highest BCUT2D eigenvalue weighted by molar-refractivity contribution is 6.01. The van der Waals surface area contributed by atoms with Crippen LogP contribution in [0, 0.1) is 0 Å². The second kappa shape index (κ2) is 12.8. The highest BCUT2D eigenvalue weighted by atomic mass is 16.5. The fourth-order valence-corrected chi connectivity index (χ4v) is 4.83. The zero-order valence-electron chi connectivity index (χ0n) is 24.3. The van der Waals surface area contributed by atoms with Crippen LogP contribution >= 0.6 is 0 Å². The number of hydrogen-bond donors (Lipinski definition) is 3. The molecule has 210 valence electrons. The van der Waals surface area contributed by atoms with E-state index in [1.54, 1.807) is 43.9 Å². The normalized spacial score (nSPS) is 15.6. The largest absolute Gasteiger partial charge is 0.459 e. The molecule has 8 nitrogen and oxygen atoms in total. The second-order valence-electron chi connectivity index (χ2n) is 10.8. The number of nitrogens with one attached hydrogen (secondary N) is 3. The molecule has 2 aromatic rings. The smallest absolute Gasteiger partial charge is 0.338 e. The Morgan fingerprint density at radius 3 is 2.15 bits per heavy atom. The Labute approximate surface area is 232 Å². The molecule has 0 spiro atoms. The van der Waals surface area contributed by atoms with Gasteiger partial charge in [-0.05, 0) is 67.9 Å². The highest BCUT2D eigenvalue weighted by Gasteiger charge is 2.36. The Bertz CT molecular complexity index is 1220. The number of nitrogens with zero attached hydrogens (tertiary/aromatic N) is 1. The van der Waals surface area contributed by atoms with Crippen molar-refractivity contribution in [2.75, 3.05) is 17.2 Å². The van der Waals surface area contributed by atoms with Gasteiger partial charge in [0.2, 0.25) is 0 Å². The first-order valence-corrected chi connectivity index (χ1v) is 13.7. The minimum atomic E-state index is -0.712. The van der Waals surface area contributed by atoms with Gasteiger partial charge in [0.25, 0.3) is 0 Å². The van der Waals surface area contributed by atoms with Crippen LogP contribution in [0.25, 0.3) is 0 Å². The zero-order chi connectivity index (χ0) is 28.9. The lowest BCUT2D eigenvalue weighted by atomic mass is 9.93. The second-order valence-corrected chi connectivity index (χ2v) is 10.8. The van der Waals surface area contributed by atoms with Crippen LogP contribution in [-0.4, -0.2) is 35.6 Å². The predicted octanol–water partition coefficient (Wildman–Crippen LogP) is 7.28. The van der Waals surface area contributed by atoms with Gasteiger partial charge in [0.1, 0.15) is 0 Å². The summed E-state index contributed by atoms with van der Waals surface area (Å²) in [6, 6.07) is 11.9. The molecular weight excluding hydrogens is 492 g/mol. The van der Waals surface area contributed by atoms with E-state index in [1.165, 1.54) is 0 Å². The van der Waals surface area contributed by atoms with E-state index in [4.69, 9.17) is 4.74 Å². The highest BCUT2D eigenvalue weighted by Crippen LogP contribution is 2.34. The number of amides is 4. The maximum absolute atomic E-state index is 13.2. The van der Waals surface area contributed by atoms with E-state index in [1.807, 2.05) is 31.2 Å². The Morgan fingerprint density at radius 1 is 0.974 bits per heavy atom. The van der Waals surface area contributed by atoms with Gasteiger partial charge in [0.15, 0.2) is 0 Å². The van der Waals surface area contributed by atoms with Crippen molar-refractivity contribution in [1.82, 2.24) is 10.2 Å². The summed E-state index contributed by atoms with van der Waals surface area (Å²) >= 11 is 0. The van der Waals surface area contributed by atoms with Crippen LogP contribution in [0.1, 0.15) is 96.4 Å². The first-order valence-electron chi connectivity index (χ1n) is 13.7. The molecule has 1 aliphatic rings. The number of urea groups is 2. The Kier molecular flexibility index (Phi) is 9.78. The minimum Gasteiger partial charge on any atom is -0.459 e. The molecule has 1 atom stereocenters. The van der Waals surface area contributed by atoms with Gasteiger partial charge in [-0.3, -0.25) is 4.90 Å². The van der Waals surface area contributed by atoms with Crippen LogP contribution in [0.2, 0.25) is 0 Å². The maximum atomic E-state index is 13.2. The van der Waals surface area contributed by atoms with Crippen molar-refractivity contribution in [3.05, 3.63) is 70.4 Å². The number of esters is 1. The van der Waals surface area contributed by atoms with Gasteiger partial charge in [-0.15, -0.1) is 0 Å². The molecule has 8 heteroatoms. The number of ether oxygens (including phenoxy) is 1. The molecule has 1 heterocycles. The average molecular weight is 535 g/mol. The third-order valence-electron chi connectivity index (χ3n) is 6.70. The number of carbonyl (C=O) groups excluding carboxylic acids is 3. The standard InChI is InChI=1S/C31H42N4O4/c1-9-16-35-21(8)26(29(36)39-20(6)7)27(34-31(35)38)22-12-10-13-23(17-22)32-30(37)33-28-24(18(2)3)14-11-15-25(28)19(4)5/h10-15,17-20,27H,9,16H2,1-8H3,(H,34,38)(H2,32,33,37). The molecule has 3 rings (SSSR count). The lowest BCUT2D eigenvalue weighted by molar-refractivity contribution is -0.143. The quantitative estimate of drug-likeness (QED) is 0.294. The molecule has 0 fully saturated rings. The topological polar surface area (TPSA) is 99.8 Å². The van der Waals surface area contributed by atoms with Crippen molar-refractivity contribution in [1.29, 1.82) is 0 Å². The van der Waals surface area contributed by atoms with Crippen LogP contribution in [0.4, 0.5) is 21.0 Å². The van der Waals surface area contributed by atoms with Gasteiger partial charge in [-0.25, -0.2) is 14.4 Å². The third kappa shape index (κ3) is 6.99. The summed E-state index contributed by atoms with van der Waals surface area (Å²) in [7, 11) is 0. The van der Waals surface area contributed by atoms with Crippen LogP contribution in [0.15, 0.2) is 53.7 Å². The number of allylic oxidation sites excluding steroid dienone is 1. The predicted molar refractivity (Wildman–Crippen MR) is 156 cm³/mol. The van der Waals surface area contributed by atoms with E-state index in [9.17, 15) is 14.4 Å². The lowest BCUT2D eigenvalue weighted by Gasteiger charge is -2.35. The number of hydrogen-bond acceptors (Lipinski definition) is 4. The maximum Gasteiger partial charge on any atom is 0.338 e. The molecule has 3 N–H and O–H groups in total. The molecule has 0 aromatic heterocycles. The van der Waals surface area contributed by atoms with Crippen LogP contribution in [0.5, 0.6) is 0 Å². The van der Waals surface area contributed by atoms with Crippen molar-refractivity contribution < 1.29 is 19.1 Å². The minimum absolute atomic E-state index is 0.239. The fraction of sp³-hybridized carbons (Fsp3) is 0.452. The van der Waals surface area contributed by atoms with Crippen LogP contribution in [-0.2, 0) is 9.53 Å². The summed E-state index contributed by atoms with van der Waals surface area (Å²) in [6.45, 7) is 16.2. The summed E-state index contributed by atoms with van der Waals surface area (Å²) in [5.41, 5.74) is 5.12.